The van der Waals surface area contributed by atoms with Crippen LogP contribution in [0.3, 0.4) is 0 Å². The van der Waals surface area contributed by atoms with Gasteiger partial charge in [-0.25, -0.2) is 0 Å². The highest BCUT2D eigenvalue weighted by Crippen LogP contribution is 2.28. The Bertz CT molecular complexity index is 550. The molecule has 0 unspecified atom stereocenters. The minimum Gasteiger partial charge on any atom is -0.408 e. The second kappa shape index (κ2) is 5.64. The maximum absolute atomic E-state index is 5.64. The topological polar surface area (TPSA) is 77.0 Å². The van der Waals surface area contributed by atoms with E-state index in [4.69, 9.17) is 8.94 Å². The predicted molar refractivity (Wildman–Crippen MR) is 73.3 cm³/mol. The molecule has 0 aliphatic heterocycles. The Hall–Kier alpha value is -1.85. The van der Waals surface area contributed by atoms with Gasteiger partial charge < -0.3 is 14.3 Å². The van der Waals surface area contributed by atoms with E-state index in [1.807, 2.05) is 13.8 Å². The van der Waals surface area contributed by atoms with E-state index in [0.29, 0.717) is 18.5 Å². The van der Waals surface area contributed by atoms with Crippen LogP contribution in [0, 0.1) is 19.8 Å². The summed E-state index contributed by atoms with van der Waals surface area (Å²) in [6, 6.07) is 0.470. The Labute approximate surface area is 117 Å². The predicted octanol–water partition coefficient (Wildman–Crippen LogP) is 3.02. The number of aryl methyl sites for hydroxylation is 2. The molecule has 0 spiro atoms. The van der Waals surface area contributed by atoms with Crippen LogP contribution in [0.5, 0.6) is 0 Å². The summed E-state index contributed by atoms with van der Waals surface area (Å²) in [5.74, 6) is 2.27. The highest BCUT2D eigenvalue weighted by molar-refractivity contribution is 5.27. The molecular formula is C14H20N4O2. The highest BCUT2D eigenvalue weighted by atomic mass is 16.5. The molecule has 1 aliphatic carbocycles. The zero-order valence-corrected chi connectivity index (χ0v) is 12.0. The van der Waals surface area contributed by atoms with Gasteiger partial charge in [-0.2, -0.15) is 0 Å². The van der Waals surface area contributed by atoms with Crippen molar-refractivity contribution in [2.24, 2.45) is 5.92 Å². The molecule has 1 fully saturated rings. The zero-order chi connectivity index (χ0) is 13.9. The van der Waals surface area contributed by atoms with E-state index in [-0.39, 0.29) is 0 Å². The lowest BCUT2D eigenvalue weighted by Crippen LogP contribution is -2.01. The molecule has 108 valence electrons. The van der Waals surface area contributed by atoms with Gasteiger partial charge in [0.1, 0.15) is 5.76 Å². The van der Waals surface area contributed by atoms with E-state index in [1.165, 1.54) is 25.7 Å². The fraction of sp³-hybridized carbons (Fsp3) is 0.643. The van der Waals surface area contributed by atoms with E-state index in [1.54, 1.807) is 0 Å². The highest BCUT2D eigenvalue weighted by Gasteiger charge is 2.18. The van der Waals surface area contributed by atoms with E-state index in [2.05, 4.69) is 20.7 Å². The van der Waals surface area contributed by atoms with Gasteiger partial charge in [0, 0.05) is 18.5 Å². The summed E-state index contributed by atoms with van der Waals surface area (Å²) >= 11 is 0. The van der Waals surface area contributed by atoms with Crippen molar-refractivity contribution in [3.8, 4) is 0 Å². The maximum Gasteiger partial charge on any atom is 0.315 e. The first kappa shape index (κ1) is 13.1. The molecular weight excluding hydrogens is 256 g/mol. The molecule has 1 aliphatic rings. The molecule has 0 aromatic carbocycles. The Morgan fingerprint density at radius 1 is 1.20 bits per heavy atom. The Morgan fingerprint density at radius 2 is 2.00 bits per heavy atom. The Balaban J connectivity index is 1.57. The molecule has 0 bridgehead atoms. The summed E-state index contributed by atoms with van der Waals surface area (Å²) in [7, 11) is 0. The van der Waals surface area contributed by atoms with Gasteiger partial charge in [-0.3, -0.25) is 0 Å². The fourth-order valence-corrected chi connectivity index (χ4v) is 2.79. The molecule has 6 heteroatoms. The zero-order valence-electron chi connectivity index (χ0n) is 12.0. The van der Waals surface area contributed by atoms with E-state index in [0.717, 1.165) is 29.3 Å². The van der Waals surface area contributed by atoms with E-state index < -0.39 is 0 Å². The first-order valence-corrected chi connectivity index (χ1v) is 7.20. The van der Waals surface area contributed by atoms with Gasteiger partial charge in [-0.15, -0.1) is 5.10 Å². The maximum atomic E-state index is 5.64. The minimum atomic E-state index is 0.470. The van der Waals surface area contributed by atoms with Crippen molar-refractivity contribution in [1.82, 2.24) is 15.4 Å². The van der Waals surface area contributed by atoms with Gasteiger partial charge in [0.05, 0.1) is 5.69 Å². The lowest BCUT2D eigenvalue weighted by molar-refractivity contribution is 0.392. The number of rotatable bonds is 5. The molecule has 6 nitrogen and oxygen atoms in total. The van der Waals surface area contributed by atoms with Crippen molar-refractivity contribution >= 4 is 6.01 Å². The van der Waals surface area contributed by atoms with Gasteiger partial charge in [-0.05, 0) is 32.6 Å². The van der Waals surface area contributed by atoms with E-state index in [9.17, 15) is 0 Å². The van der Waals surface area contributed by atoms with Gasteiger partial charge in [0.2, 0.25) is 5.89 Å². The smallest absolute Gasteiger partial charge is 0.315 e. The molecule has 0 atom stereocenters. The Morgan fingerprint density at radius 3 is 2.70 bits per heavy atom. The summed E-state index contributed by atoms with van der Waals surface area (Å²) in [5.41, 5.74) is 1.93. The summed E-state index contributed by atoms with van der Waals surface area (Å²) in [6.45, 7) is 4.41. The lowest BCUT2D eigenvalue weighted by atomic mass is 10.0. The first-order valence-electron chi connectivity index (χ1n) is 7.20. The van der Waals surface area contributed by atoms with Crippen LogP contribution in [0.1, 0.15) is 48.6 Å². The average Bonchev–Trinajstić information content (AvgIpc) is 3.14. The van der Waals surface area contributed by atoms with Crippen molar-refractivity contribution < 1.29 is 8.94 Å². The number of hydrogen-bond acceptors (Lipinski definition) is 6. The van der Waals surface area contributed by atoms with Gasteiger partial charge in [-0.1, -0.05) is 23.1 Å². The van der Waals surface area contributed by atoms with Crippen molar-refractivity contribution in [2.45, 2.75) is 52.5 Å². The largest absolute Gasteiger partial charge is 0.408 e. The van der Waals surface area contributed by atoms with Crippen LogP contribution in [-0.4, -0.2) is 15.4 Å². The molecule has 0 radical (unpaired) electrons. The van der Waals surface area contributed by atoms with Crippen molar-refractivity contribution in [3.05, 3.63) is 22.9 Å². The summed E-state index contributed by atoms with van der Waals surface area (Å²) in [4.78, 5) is 0. The molecule has 0 amide bonds. The quantitative estimate of drug-likeness (QED) is 0.904. The van der Waals surface area contributed by atoms with Crippen molar-refractivity contribution in [3.63, 3.8) is 0 Å². The van der Waals surface area contributed by atoms with Crippen LogP contribution in [0.25, 0.3) is 0 Å². The summed E-state index contributed by atoms with van der Waals surface area (Å²) in [5, 5.41) is 15.2. The van der Waals surface area contributed by atoms with Crippen molar-refractivity contribution in [2.75, 3.05) is 5.32 Å². The lowest BCUT2D eigenvalue weighted by Gasteiger charge is -2.03. The van der Waals surface area contributed by atoms with Crippen LogP contribution in [0.15, 0.2) is 8.94 Å². The second-order valence-corrected chi connectivity index (χ2v) is 5.51. The number of hydrogen-bond donors (Lipinski definition) is 1. The van der Waals surface area contributed by atoms with Crippen LogP contribution in [-0.2, 0) is 13.0 Å². The van der Waals surface area contributed by atoms with Crippen LogP contribution < -0.4 is 5.32 Å². The summed E-state index contributed by atoms with van der Waals surface area (Å²) in [6.07, 6.45) is 6.13. The molecule has 1 saturated carbocycles. The number of aromatic nitrogens is 3. The third-order valence-electron chi connectivity index (χ3n) is 4.00. The van der Waals surface area contributed by atoms with Crippen LogP contribution >= 0.6 is 0 Å². The van der Waals surface area contributed by atoms with Crippen LogP contribution in [0.2, 0.25) is 0 Å². The molecule has 20 heavy (non-hydrogen) atoms. The average molecular weight is 276 g/mol. The number of nitrogens with zero attached hydrogens (tertiary/aromatic N) is 3. The van der Waals surface area contributed by atoms with Crippen LogP contribution in [0.4, 0.5) is 6.01 Å². The normalized spacial score (nSPS) is 15.9. The van der Waals surface area contributed by atoms with Gasteiger partial charge >= 0.3 is 6.01 Å². The van der Waals surface area contributed by atoms with E-state index >= 15 is 0 Å². The standard InChI is InChI=1S/C14H20N4O2/c1-9-12(10(2)20-18-9)8-15-14-17-16-13(19-14)7-11-5-3-4-6-11/h11H,3-8H2,1-2H3,(H,15,17). The summed E-state index contributed by atoms with van der Waals surface area (Å²) < 4.78 is 10.8. The molecule has 1 N–H and O–H groups in total. The molecule has 2 aromatic rings. The number of anilines is 1. The Kier molecular flexibility index (Phi) is 3.71. The first-order chi connectivity index (χ1) is 9.72. The van der Waals surface area contributed by atoms with Crippen molar-refractivity contribution in [1.29, 1.82) is 0 Å². The molecule has 2 aromatic heterocycles. The molecule has 3 rings (SSSR count). The third kappa shape index (κ3) is 2.84. The SMILES string of the molecule is Cc1noc(C)c1CNc1nnc(CC2CCCC2)o1. The fourth-order valence-electron chi connectivity index (χ4n) is 2.79. The third-order valence-corrected chi connectivity index (χ3v) is 4.00. The minimum absolute atomic E-state index is 0.470. The van der Waals surface area contributed by atoms with Gasteiger partial charge in [0.15, 0.2) is 0 Å². The number of nitrogens with one attached hydrogen (secondary N) is 1. The van der Waals surface area contributed by atoms with Gasteiger partial charge in [0.25, 0.3) is 0 Å². The molecule has 0 saturated heterocycles. The molecule has 2 heterocycles. The second-order valence-electron chi connectivity index (χ2n) is 5.51. The monoisotopic (exact) mass is 276 g/mol.